The first kappa shape index (κ1) is 15.9. The smallest absolute Gasteiger partial charge is 0.139 e. The first-order chi connectivity index (χ1) is 10.5. The molecule has 1 aromatic heterocycles. The molecule has 0 fully saturated rings. The molecule has 0 radical (unpaired) electrons. The van der Waals surface area contributed by atoms with Gasteiger partial charge in [0.25, 0.3) is 0 Å². The van der Waals surface area contributed by atoms with Crippen molar-refractivity contribution in [2.24, 2.45) is 0 Å². The van der Waals surface area contributed by atoms with Crippen molar-refractivity contribution in [3.63, 3.8) is 0 Å². The first-order valence-corrected chi connectivity index (χ1v) is 7.25. The molecule has 1 heterocycles. The Kier molecular flexibility index (Phi) is 5.04. The van der Waals surface area contributed by atoms with Crippen LogP contribution in [0.4, 0.5) is 5.69 Å². The van der Waals surface area contributed by atoms with Crippen LogP contribution in [0.2, 0.25) is 0 Å². The number of hydrogen-bond donors (Lipinski definition) is 1. The third-order valence-electron chi connectivity index (χ3n) is 3.39. The van der Waals surface area contributed by atoms with E-state index in [9.17, 15) is 4.79 Å². The molecule has 0 aliphatic rings. The molecule has 0 amide bonds. The summed E-state index contributed by atoms with van der Waals surface area (Å²) in [7, 11) is 0. The van der Waals surface area contributed by atoms with Gasteiger partial charge in [0.1, 0.15) is 12.1 Å². The number of benzene rings is 1. The van der Waals surface area contributed by atoms with Crippen molar-refractivity contribution >= 4 is 12.0 Å². The minimum atomic E-state index is 0.303. The van der Waals surface area contributed by atoms with Crippen LogP contribution in [0, 0.1) is 13.8 Å². The van der Waals surface area contributed by atoms with E-state index >= 15 is 0 Å². The highest BCUT2D eigenvalue weighted by molar-refractivity contribution is 5.72. The van der Waals surface area contributed by atoms with Crippen molar-refractivity contribution in [3.8, 4) is 11.1 Å². The zero-order valence-corrected chi connectivity index (χ0v) is 13.3. The lowest BCUT2D eigenvalue weighted by Crippen LogP contribution is -2.07. The quantitative estimate of drug-likeness (QED) is 0.654. The van der Waals surface area contributed by atoms with Gasteiger partial charge in [-0.2, -0.15) is 0 Å². The summed E-state index contributed by atoms with van der Waals surface area (Å²) < 4.78 is 0. The van der Waals surface area contributed by atoms with Crippen LogP contribution in [-0.4, -0.2) is 22.8 Å². The second-order valence-corrected chi connectivity index (χ2v) is 5.53. The van der Waals surface area contributed by atoms with Gasteiger partial charge in [-0.25, -0.2) is 9.97 Å². The number of anilines is 1. The summed E-state index contributed by atoms with van der Waals surface area (Å²) in [5.74, 6) is 0.756. The molecule has 0 unspecified atom stereocenters. The molecule has 1 aromatic carbocycles. The van der Waals surface area contributed by atoms with Crippen LogP contribution in [0.3, 0.4) is 0 Å². The maximum absolute atomic E-state index is 10.6. The molecular weight excluding hydrogens is 274 g/mol. The van der Waals surface area contributed by atoms with Gasteiger partial charge < -0.3 is 10.1 Å². The molecule has 114 valence electrons. The Bertz CT molecular complexity index is 690. The van der Waals surface area contributed by atoms with Crippen LogP contribution in [0.15, 0.2) is 36.7 Å². The Labute approximate surface area is 131 Å². The third-order valence-corrected chi connectivity index (χ3v) is 3.39. The van der Waals surface area contributed by atoms with Gasteiger partial charge in [-0.15, -0.1) is 0 Å². The van der Waals surface area contributed by atoms with Gasteiger partial charge in [-0.05, 0) is 56.0 Å². The summed E-state index contributed by atoms with van der Waals surface area (Å²) in [6, 6.07) is 4.20. The molecule has 4 nitrogen and oxygen atoms in total. The van der Waals surface area contributed by atoms with E-state index in [-0.39, 0.29) is 0 Å². The number of rotatable bonds is 6. The molecular formula is C18H21N3O. The Hall–Kier alpha value is -2.49. The number of nitrogens with one attached hydrogen (secondary N) is 1. The largest absolute Gasteiger partial charge is 0.378 e. The normalized spacial score (nSPS) is 10.3. The molecule has 0 saturated carbocycles. The molecule has 0 spiro atoms. The first-order valence-electron chi connectivity index (χ1n) is 7.25. The monoisotopic (exact) mass is 295 g/mol. The second kappa shape index (κ2) is 6.98. The van der Waals surface area contributed by atoms with Gasteiger partial charge in [0, 0.05) is 23.6 Å². The highest BCUT2D eigenvalue weighted by atomic mass is 16.1. The van der Waals surface area contributed by atoms with Gasteiger partial charge >= 0.3 is 0 Å². The van der Waals surface area contributed by atoms with Crippen LogP contribution in [-0.2, 0) is 11.2 Å². The van der Waals surface area contributed by atoms with Crippen molar-refractivity contribution in [1.29, 1.82) is 0 Å². The molecule has 2 rings (SSSR count). The zero-order valence-electron chi connectivity index (χ0n) is 13.3. The topological polar surface area (TPSA) is 54.9 Å². The fourth-order valence-electron chi connectivity index (χ4n) is 2.43. The Morgan fingerprint density at radius 2 is 1.91 bits per heavy atom. The summed E-state index contributed by atoms with van der Waals surface area (Å²) in [6.45, 7) is 10.2. The van der Waals surface area contributed by atoms with Gasteiger partial charge in [0.2, 0.25) is 0 Å². The molecule has 0 aliphatic heterocycles. The Morgan fingerprint density at radius 3 is 2.50 bits per heavy atom. The van der Waals surface area contributed by atoms with Crippen LogP contribution >= 0.6 is 0 Å². The lowest BCUT2D eigenvalue weighted by atomic mass is 9.96. The van der Waals surface area contributed by atoms with E-state index in [0.717, 1.165) is 52.0 Å². The number of allylic oxidation sites excluding steroid dienone is 1. The summed E-state index contributed by atoms with van der Waals surface area (Å²) in [6.07, 6.45) is 5.30. The fourth-order valence-corrected chi connectivity index (χ4v) is 2.43. The van der Waals surface area contributed by atoms with Crippen LogP contribution in [0.5, 0.6) is 0 Å². The van der Waals surface area contributed by atoms with E-state index < -0.39 is 0 Å². The van der Waals surface area contributed by atoms with E-state index in [1.807, 2.05) is 33.2 Å². The lowest BCUT2D eigenvalue weighted by molar-refractivity contribution is -0.106. The minimum absolute atomic E-state index is 0.303. The number of carbonyl (C=O) groups excluding carboxylic acids is 1. The van der Waals surface area contributed by atoms with Crippen LogP contribution < -0.4 is 5.32 Å². The number of aromatic nitrogens is 2. The van der Waals surface area contributed by atoms with Crippen molar-refractivity contribution < 1.29 is 4.79 Å². The molecule has 2 aromatic rings. The van der Waals surface area contributed by atoms with E-state index in [1.54, 1.807) is 0 Å². The van der Waals surface area contributed by atoms with Gasteiger partial charge in [-0.3, -0.25) is 0 Å². The highest BCUT2D eigenvalue weighted by Crippen LogP contribution is 2.29. The number of aryl methyl sites for hydroxylation is 2. The van der Waals surface area contributed by atoms with Gasteiger partial charge in [0.15, 0.2) is 0 Å². The standard InChI is InChI=1S/C18H21N3O/c1-12(2)7-16-9-15(17-10-20-14(4)21-11-17)8-13(3)18(16)19-5-6-22/h6,8-11,19H,1,5,7H2,2-4H3. The predicted molar refractivity (Wildman–Crippen MR) is 90.0 cm³/mol. The van der Waals surface area contributed by atoms with Crippen LogP contribution in [0.25, 0.3) is 11.1 Å². The summed E-state index contributed by atoms with van der Waals surface area (Å²) in [5.41, 5.74) is 6.36. The van der Waals surface area contributed by atoms with E-state index in [4.69, 9.17) is 0 Å². The molecule has 0 saturated heterocycles. The van der Waals surface area contributed by atoms with E-state index in [0.29, 0.717) is 6.54 Å². The lowest BCUT2D eigenvalue weighted by Gasteiger charge is -2.16. The van der Waals surface area contributed by atoms with Crippen molar-refractivity contribution in [2.75, 3.05) is 11.9 Å². The Balaban J connectivity index is 2.48. The minimum Gasteiger partial charge on any atom is -0.378 e. The SMILES string of the molecule is C=C(C)Cc1cc(-c2cnc(C)nc2)cc(C)c1NCC=O. The second-order valence-electron chi connectivity index (χ2n) is 5.53. The number of hydrogen-bond acceptors (Lipinski definition) is 4. The molecule has 22 heavy (non-hydrogen) atoms. The van der Waals surface area contributed by atoms with Gasteiger partial charge in [-0.1, -0.05) is 12.2 Å². The highest BCUT2D eigenvalue weighted by Gasteiger charge is 2.10. The maximum atomic E-state index is 10.6. The van der Waals surface area contributed by atoms with E-state index in [1.165, 1.54) is 0 Å². The maximum Gasteiger partial charge on any atom is 0.139 e. The Morgan fingerprint density at radius 1 is 1.23 bits per heavy atom. The summed E-state index contributed by atoms with van der Waals surface area (Å²) in [4.78, 5) is 19.2. The summed E-state index contributed by atoms with van der Waals surface area (Å²) >= 11 is 0. The molecule has 0 bridgehead atoms. The average Bonchev–Trinajstić information content (AvgIpc) is 2.46. The number of aldehydes is 1. The molecule has 1 N–H and O–H groups in total. The van der Waals surface area contributed by atoms with Crippen molar-refractivity contribution in [2.45, 2.75) is 27.2 Å². The summed E-state index contributed by atoms with van der Waals surface area (Å²) in [5, 5.41) is 3.18. The molecule has 0 atom stereocenters. The molecule has 4 heteroatoms. The van der Waals surface area contributed by atoms with Crippen molar-refractivity contribution in [3.05, 3.63) is 53.6 Å². The third kappa shape index (κ3) is 3.79. The number of nitrogens with zero attached hydrogens (tertiary/aromatic N) is 2. The predicted octanol–water partition coefficient (Wildman–Crippen LogP) is 3.49. The van der Waals surface area contributed by atoms with E-state index in [2.05, 4.69) is 34.0 Å². The molecule has 0 aliphatic carbocycles. The zero-order chi connectivity index (χ0) is 16.1. The van der Waals surface area contributed by atoms with Gasteiger partial charge in [0.05, 0.1) is 6.54 Å². The fraction of sp³-hybridized carbons (Fsp3) is 0.278. The average molecular weight is 295 g/mol. The van der Waals surface area contributed by atoms with Crippen molar-refractivity contribution in [1.82, 2.24) is 9.97 Å². The van der Waals surface area contributed by atoms with Crippen LogP contribution in [0.1, 0.15) is 23.9 Å². The number of carbonyl (C=O) groups is 1.